The molecule has 0 spiro atoms. The summed E-state index contributed by atoms with van der Waals surface area (Å²) in [7, 11) is -0.546. The smallest absolute Gasteiger partial charge is 0.280 e. The van der Waals surface area contributed by atoms with E-state index in [1.54, 1.807) is 43.3 Å². The van der Waals surface area contributed by atoms with Crippen LogP contribution in [0.3, 0.4) is 0 Å². The predicted molar refractivity (Wildman–Crippen MR) is 111 cm³/mol. The van der Waals surface area contributed by atoms with Crippen LogP contribution in [0.15, 0.2) is 63.2 Å². The van der Waals surface area contributed by atoms with Crippen molar-refractivity contribution in [2.24, 2.45) is 4.99 Å². The van der Waals surface area contributed by atoms with Gasteiger partial charge in [0.1, 0.15) is 0 Å². The molecule has 0 saturated heterocycles. The Bertz CT molecular complexity index is 1190. The second kappa shape index (κ2) is 7.75. The van der Waals surface area contributed by atoms with E-state index in [0.29, 0.717) is 27.7 Å². The molecule has 146 valence electrons. The molecule has 9 heteroatoms. The Morgan fingerprint density at radius 2 is 1.82 bits per heavy atom. The second-order valence-corrected chi connectivity index (χ2v) is 8.90. The molecule has 0 aliphatic carbocycles. The SMILES string of the molecule is Cc1[nH]n(-c2cccc(Cl)c2)c(=O)c1C=Nc1ccc(S(=O)(=O)N(C)C)cc1. The third kappa shape index (κ3) is 3.94. The highest BCUT2D eigenvalue weighted by molar-refractivity contribution is 7.89. The van der Waals surface area contributed by atoms with Crippen molar-refractivity contribution in [2.75, 3.05) is 14.1 Å². The fourth-order valence-electron chi connectivity index (χ4n) is 2.56. The zero-order valence-electron chi connectivity index (χ0n) is 15.5. The van der Waals surface area contributed by atoms with Gasteiger partial charge in [-0.1, -0.05) is 17.7 Å². The molecule has 0 atom stereocenters. The van der Waals surface area contributed by atoms with E-state index in [9.17, 15) is 13.2 Å². The number of hydrogen-bond acceptors (Lipinski definition) is 4. The van der Waals surface area contributed by atoms with Gasteiger partial charge in [0.15, 0.2) is 0 Å². The minimum atomic E-state index is -3.49. The number of aryl methyl sites for hydroxylation is 1. The molecule has 0 unspecified atom stereocenters. The molecule has 0 radical (unpaired) electrons. The van der Waals surface area contributed by atoms with Crippen molar-refractivity contribution >= 4 is 33.5 Å². The van der Waals surface area contributed by atoms with Gasteiger partial charge in [0, 0.05) is 31.0 Å². The average molecular weight is 419 g/mol. The number of aliphatic imine (C=N–C) groups is 1. The number of sulfonamides is 1. The van der Waals surface area contributed by atoms with Crippen molar-refractivity contribution in [1.29, 1.82) is 0 Å². The van der Waals surface area contributed by atoms with Crippen molar-refractivity contribution in [3.8, 4) is 5.69 Å². The quantitative estimate of drug-likeness (QED) is 0.645. The summed E-state index contributed by atoms with van der Waals surface area (Å²) in [6.45, 7) is 1.77. The number of hydrogen-bond donors (Lipinski definition) is 1. The van der Waals surface area contributed by atoms with Crippen molar-refractivity contribution in [3.63, 3.8) is 0 Å². The molecule has 0 aliphatic rings. The summed E-state index contributed by atoms with van der Waals surface area (Å²) in [4.78, 5) is 17.2. The summed E-state index contributed by atoms with van der Waals surface area (Å²) in [6, 6.07) is 13.1. The Balaban J connectivity index is 1.90. The molecule has 0 bridgehead atoms. The summed E-state index contributed by atoms with van der Waals surface area (Å²) in [5.41, 5.74) is 1.96. The third-order valence-electron chi connectivity index (χ3n) is 4.14. The summed E-state index contributed by atoms with van der Waals surface area (Å²) in [6.07, 6.45) is 1.46. The van der Waals surface area contributed by atoms with E-state index < -0.39 is 10.0 Å². The number of benzene rings is 2. The molecule has 3 aromatic rings. The van der Waals surface area contributed by atoms with Gasteiger partial charge in [0.05, 0.1) is 21.8 Å². The molecule has 2 aromatic carbocycles. The number of rotatable bonds is 5. The minimum Gasteiger partial charge on any atom is -0.295 e. The fraction of sp³-hybridized carbons (Fsp3) is 0.158. The van der Waals surface area contributed by atoms with E-state index in [-0.39, 0.29) is 10.5 Å². The molecular weight excluding hydrogens is 400 g/mol. The van der Waals surface area contributed by atoms with Crippen LogP contribution in [0.2, 0.25) is 5.02 Å². The molecule has 1 aromatic heterocycles. The largest absolute Gasteiger partial charge is 0.295 e. The highest BCUT2D eigenvalue weighted by Gasteiger charge is 2.16. The number of H-pyrrole nitrogens is 1. The first-order valence-electron chi connectivity index (χ1n) is 8.34. The van der Waals surface area contributed by atoms with E-state index in [1.807, 2.05) is 0 Å². The van der Waals surface area contributed by atoms with Gasteiger partial charge < -0.3 is 0 Å². The van der Waals surface area contributed by atoms with Gasteiger partial charge in [-0.05, 0) is 49.4 Å². The van der Waals surface area contributed by atoms with Gasteiger partial charge in [-0.25, -0.2) is 17.4 Å². The summed E-state index contributed by atoms with van der Waals surface area (Å²) in [5, 5.41) is 3.53. The number of nitrogens with zero attached hydrogens (tertiary/aromatic N) is 3. The molecular formula is C19H19ClN4O3S. The Kier molecular flexibility index (Phi) is 5.55. The number of nitrogens with one attached hydrogen (secondary N) is 1. The minimum absolute atomic E-state index is 0.178. The normalized spacial score (nSPS) is 12.2. The van der Waals surface area contributed by atoms with Gasteiger partial charge in [0.25, 0.3) is 5.56 Å². The summed E-state index contributed by atoms with van der Waals surface area (Å²) < 4.78 is 26.8. The summed E-state index contributed by atoms with van der Waals surface area (Å²) >= 11 is 6.00. The zero-order chi connectivity index (χ0) is 20.5. The summed E-state index contributed by atoms with van der Waals surface area (Å²) in [5.74, 6) is 0. The molecule has 0 saturated carbocycles. The lowest BCUT2D eigenvalue weighted by Gasteiger charge is -2.10. The van der Waals surface area contributed by atoms with Gasteiger partial charge in [-0.2, -0.15) is 0 Å². The van der Waals surface area contributed by atoms with Crippen LogP contribution in [-0.4, -0.2) is 42.8 Å². The zero-order valence-corrected chi connectivity index (χ0v) is 17.1. The Morgan fingerprint density at radius 1 is 1.14 bits per heavy atom. The number of aromatic amines is 1. The first-order valence-corrected chi connectivity index (χ1v) is 10.2. The monoisotopic (exact) mass is 418 g/mol. The molecule has 7 nitrogen and oxygen atoms in total. The van der Waals surface area contributed by atoms with Gasteiger partial charge >= 0.3 is 0 Å². The van der Waals surface area contributed by atoms with Gasteiger partial charge in [-0.3, -0.25) is 14.9 Å². The van der Waals surface area contributed by atoms with Crippen LogP contribution >= 0.6 is 11.6 Å². The van der Waals surface area contributed by atoms with E-state index >= 15 is 0 Å². The maximum absolute atomic E-state index is 12.7. The second-order valence-electron chi connectivity index (χ2n) is 6.31. The van der Waals surface area contributed by atoms with Crippen LogP contribution in [0, 0.1) is 6.92 Å². The first-order chi connectivity index (χ1) is 13.2. The Labute approximate surface area is 167 Å². The van der Waals surface area contributed by atoms with Crippen molar-refractivity contribution in [3.05, 3.63) is 75.2 Å². The van der Waals surface area contributed by atoms with Crippen LogP contribution in [0.25, 0.3) is 5.69 Å². The van der Waals surface area contributed by atoms with E-state index in [2.05, 4.69) is 10.1 Å². The van der Waals surface area contributed by atoms with Crippen molar-refractivity contribution in [1.82, 2.24) is 14.1 Å². The predicted octanol–water partition coefficient (Wildman–Crippen LogP) is 3.13. The molecule has 3 rings (SSSR count). The maximum atomic E-state index is 12.7. The fourth-order valence-corrected chi connectivity index (χ4v) is 3.65. The van der Waals surface area contributed by atoms with Crippen LogP contribution in [0.5, 0.6) is 0 Å². The Morgan fingerprint density at radius 3 is 2.43 bits per heavy atom. The molecule has 0 amide bonds. The highest BCUT2D eigenvalue weighted by Crippen LogP contribution is 2.19. The standard InChI is InChI=1S/C19H19ClN4O3S/c1-13-18(19(25)24(22-13)16-6-4-5-14(20)11-16)12-21-15-7-9-17(10-8-15)28(26,27)23(2)3/h4-12,22H,1-3H3. The van der Waals surface area contributed by atoms with E-state index in [4.69, 9.17) is 11.6 Å². The molecule has 1 N–H and O–H groups in total. The maximum Gasteiger partial charge on any atom is 0.280 e. The van der Waals surface area contributed by atoms with Crippen LogP contribution in [0.1, 0.15) is 11.3 Å². The number of aromatic nitrogens is 2. The third-order valence-corrected chi connectivity index (χ3v) is 6.21. The van der Waals surface area contributed by atoms with E-state index in [0.717, 1.165) is 4.31 Å². The van der Waals surface area contributed by atoms with Gasteiger partial charge in [0.2, 0.25) is 10.0 Å². The molecule has 1 heterocycles. The van der Waals surface area contributed by atoms with Crippen LogP contribution < -0.4 is 5.56 Å². The highest BCUT2D eigenvalue weighted by atomic mass is 35.5. The lowest BCUT2D eigenvalue weighted by atomic mass is 10.2. The van der Waals surface area contributed by atoms with Crippen LogP contribution in [0.4, 0.5) is 5.69 Å². The number of halogens is 1. The van der Waals surface area contributed by atoms with Gasteiger partial charge in [-0.15, -0.1) is 0 Å². The average Bonchev–Trinajstić information content (AvgIpc) is 2.94. The first kappa shape index (κ1) is 20.1. The lowest BCUT2D eigenvalue weighted by molar-refractivity contribution is 0.521. The van der Waals surface area contributed by atoms with Crippen molar-refractivity contribution in [2.45, 2.75) is 11.8 Å². The molecule has 0 fully saturated rings. The lowest BCUT2D eigenvalue weighted by Crippen LogP contribution is -2.21. The Hall–Kier alpha value is -2.68. The van der Waals surface area contributed by atoms with Crippen LogP contribution in [-0.2, 0) is 10.0 Å². The molecule has 28 heavy (non-hydrogen) atoms. The van der Waals surface area contributed by atoms with E-state index in [1.165, 1.54) is 37.1 Å². The van der Waals surface area contributed by atoms with Crippen molar-refractivity contribution < 1.29 is 8.42 Å². The topological polar surface area (TPSA) is 87.5 Å². The molecule has 0 aliphatic heterocycles.